The Labute approximate surface area is 224 Å². The molecule has 2 aliphatic heterocycles. The lowest BCUT2D eigenvalue weighted by molar-refractivity contribution is -0.136. The van der Waals surface area contributed by atoms with E-state index in [2.05, 4.69) is 73.3 Å². The molecule has 0 aliphatic carbocycles. The van der Waals surface area contributed by atoms with Crippen LogP contribution in [0, 0.1) is 0 Å². The van der Waals surface area contributed by atoms with Crippen LogP contribution in [0.4, 0.5) is 5.69 Å². The summed E-state index contributed by atoms with van der Waals surface area (Å²) in [5.41, 5.74) is 6.37. The molecule has 1 fully saturated rings. The highest BCUT2D eigenvalue weighted by molar-refractivity contribution is 5.97. The molecule has 4 nitrogen and oxygen atoms in total. The lowest BCUT2D eigenvalue weighted by atomic mass is 9.74. The highest BCUT2D eigenvalue weighted by Gasteiger charge is 2.44. The summed E-state index contributed by atoms with van der Waals surface area (Å²) in [4.78, 5) is 14.3. The zero-order chi connectivity index (χ0) is 26.3. The SMILES string of the molecule is CC1=C(C)C(c2ccccc2)(c2ccc(N3CCCCC3)cc2)Oc2c1c(CC(=O)O)cc1ccccc21. The predicted octanol–water partition coefficient (Wildman–Crippen LogP) is 7.59. The van der Waals surface area contributed by atoms with Gasteiger partial charge < -0.3 is 14.7 Å². The monoisotopic (exact) mass is 503 g/mol. The van der Waals surface area contributed by atoms with Gasteiger partial charge in [0.25, 0.3) is 0 Å². The van der Waals surface area contributed by atoms with Crippen molar-refractivity contribution in [3.63, 3.8) is 0 Å². The lowest BCUT2D eigenvalue weighted by Crippen LogP contribution is -2.39. The van der Waals surface area contributed by atoms with Gasteiger partial charge in [-0.3, -0.25) is 4.79 Å². The molecule has 4 heteroatoms. The van der Waals surface area contributed by atoms with Crippen molar-refractivity contribution >= 4 is 28.0 Å². The summed E-state index contributed by atoms with van der Waals surface area (Å²) in [6.07, 6.45) is 3.73. The van der Waals surface area contributed by atoms with E-state index in [1.165, 1.54) is 24.9 Å². The van der Waals surface area contributed by atoms with Crippen LogP contribution in [0.5, 0.6) is 5.75 Å². The Bertz CT molecular complexity index is 1530. The van der Waals surface area contributed by atoms with Crippen LogP contribution < -0.4 is 9.64 Å². The topological polar surface area (TPSA) is 49.8 Å². The Kier molecular flexibility index (Phi) is 6.19. The molecule has 1 unspecified atom stereocenters. The minimum Gasteiger partial charge on any atom is -0.481 e. The van der Waals surface area contributed by atoms with Gasteiger partial charge in [0.2, 0.25) is 0 Å². The number of hydrogen-bond donors (Lipinski definition) is 1. The maximum Gasteiger partial charge on any atom is 0.307 e. The Morgan fingerprint density at radius 1 is 0.868 bits per heavy atom. The van der Waals surface area contributed by atoms with E-state index in [1.807, 2.05) is 30.3 Å². The second-order valence-corrected chi connectivity index (χ2v) is 10.5. The summed E-state index contributed by atoms with van der Waals surface area (Å²) in [6.45, 7) is 6.44. The van der Waals surface area contributed by atoms with Crippen LogP contribution in [0.25, 0.3) is 16.3 Å². The quantitative estimate of drug-likeness (QED) is 0.305. The number of carboxylic acid groups (broad SMARTS) is 1. The van der Waals surface area contributed by atoms with Crippen molar-refractivity contribution in [2.75, 3.05) is 18.0 Å². The molecule has 4 aromatic rings. The maximum atomic E-state index is 11.9. The van der Waals surface area contributed by atoms with Gasteiger partial charge in [-0.15, -0.1) is 0 Å². The van der Waals surface area contributed by atoms with Crippen molar-refractivity contribution in [1.82, 2.24) is 0 Å². The number of aliphatic carboxylic acids is 1. The Hall–Kier alpha value is -4.05. The van der Waals surface area contributed by atoms with E-state index < -0.39 is 11.6 Å². The minimum absolute atomic E-state index is 0.0516. The molecule has 0 spiro atoms. The fourth-order valence-electron chi connectivity index (χ4n) is 6.32. The summed E-state index contributed by atoms with van der Waals surface area (Å²) < 4.78 is 7.23. The molecule has 6 rings (SSSR count). The van der Waals surface area contributed by atoms with Crippen LogP contribution in [-0.2, 0) is 16.8 Å². The summed E-state index contributed by atoms with van der Waals surface area (Å²) in [5, 5.41) is 11.7. The first-order valence-corrected chi connectivity index (χ1v) is 13.5. The molecule has 2 heterocycles. The average Bonchev–Trinajstić information content (AvgIpc) is 2.95. The van der Waals surface area contributed by atoms with Crippen LogP contribution in [0.1, 0.15) is 55.4 Å². The van der Waals surface area contributed by atoms with Gasteiger partial charge in [0.1, 0.15) is 5.75 Å². The van der Waals surface area contributed by atoms with Crippen molar-refractivity contribution in [3.05, 3.63) is 113 Å². The summed E-state index contributed by atoms with van der Waals surface area (Å²) >= 11 is 0. The molecule has 0 bridgehead atoms. The highest BCUT2D eigenvalue weighted by atomic mass is 16.5. The van der Waals surface area contributed by atoms with Crippen molar-refractivity contribution in [2.24, 2.45) is 0 Å². The molecular weight excluding hydrogens is 470 g/mol. The number of ether oxygens (including phenoxy) is 1. The van der Waals surface area contributed by atoms with Gasteiger partial charge in [0, 0.05) is 40.9 Å². The first kappa shape index (κ1) is 24.3. The molecule has 38 heavy (non-hydrogen) atoms. The van der Waals surface area contributed by atoms with Gasteiger partial charge in [-0.05, 0) is 73.4 Å². The van der Waals surface area contributed by atoms with E-state index in [-0.39, 0.29) is 6.42 Å². The first-order valence-electron chi connectivity index (χ1n) is 13.5. The van der Waals surface area contributed by atoms with E-state index in [0.29, 0.717) is 0 Å². The lowest BCUT2D eigenvalue weighted by Gasteiger charge is -2.42. The molecule has 0 radical (unpaired) electrons. The standard InChI is InChI=1S/C34H33NO3/c1-23-24(2)34(27-12-5-3-6-13-27,28-15-17-29(18-16-28)35-19-9-4-10-20-35)38-33-30-14-8-7-11-25(30)21-26(32(23)33)22-31(36)37/h3,5-8,11-18,21H,4,9-10,19-20,22H2,1-2H3,(H,36,37). The molecule has 1 saturated heterocycles. The zero-order valence-corrected chi connectivity index (χ0v) is 22.0. The Balaban J connectivity index is 1.59. The highest BCUT2D eigenvalue weighted by Crippen LogP contribution is 2.52. The van der Waals surface area contributed by atoms with Crippen LogP contribution in [-0.4, -0.2) is 24.2 Å². The number of hydrogen-bond acceptors (Lipinski definition) is 3. The number of piperidine rings is 1. The van der Waals surface area contributed by atoms with E-state index in [1.54, 1.807) is 0 Å². The zero-order valence-electron chi connectivity index (χ0n) is 22.0. The molecule has 4 aromatic carbocycles. The number of carboxylic acids is 1. The molecule has 192 valence electrons. The second kappa shape index (κ2) is 9.68. The predicted molar refractivity (Wildman–Crippen MR) is 154 cm³/mol. The number of rotatable bonds is 5. The Morgan fingerprint density at radius 3 is 2.24 bits per heavy atom. The number of nitrogens with zero attached hydrogens (tertiary/aromatic N) is 1. The smallest absolute Gasteiger partial charge is 0.307 e. The average molecular weight is 504 g/mol. The van der Waals surface area contributed by atoms with E-state index >= 15 is 0 Å². The second-order valence-electron chi connectivity index (χ2n) is 10.5. The molecule has 0 aromatic heterocycles. The Morgan fingerprint density at radius 2 is 1.53 bits per heavy atom. The van der Waals surface area contributed by atoms with Gasteiger partial charge in [0.05, 0.1) is 6.42 Å². The fourth-order valence-corrected chi connectivity index (χ4v) is 6.32. The third-order valence-corrected chi connectivity index (χ3v) is 8.32. The molecule has 2 aliphatic rings. The van der Waals surface area contributed by atoms with Gasteiger partial charge in [-0.25, -0.2) is 0 Å². The van der Waals surface area contributed by atoms with Gasteiger partial charge in [-0.1, -0.05) is 66.7 Å². The van der Waals surface area contributed by atoms with E-state index in [4.69, 9.17) is 4.74 Å². The van der Waals surface area contributed by atoms with Gasteiger partial charge >= 0.3 is 5.97 Å². The fraction of sp³-hybridized carbons (Fsp3) is 0.265. The first-order chi connectivity index (χ1) is 18.5. The summed E-state index contributed by atoms with van der Waals surface area (Å²) in [7, 11) is 0. The van der Waals surface area contributed by atoms with Gasteiger partial charge in [0.15, 0.2) is 5.60 Å². The van der Waals surface area contributed by atoms with Gasteiger partial charge in [-0.2, -0.15) is 0 Å². The number of allylic oxidation sites excluding steroid dienone is 1. The molecule has 0 saturated carbocycles. The molecular formula is C34H33NO3. The number of carbonyl (C=O) groups is 1. The van der Waals surface area contributed by atoms with Crippen molar-refractivity contribution in [3.8, 4) is 5.75 Å². The normalized spacial score (nSPS) is 19.3. The van der Waals surface area contributed by atoms with Crippen molar-refractivity contribution in [1.29, 1.82) is 0 Å². The van der Waals surface area contributed by atoms with Crippen molar-refractivity contribution in [2.45, 2.75) is 45.1 Å². The molecule has 1 atom stereocenters. The van der Waals surface area contributed by atoms with Crippen LogP contribution >= 0.6 is 0 Å². The largest absolute Gasteiger partial charge is 0.481 e. The van der Waals surface area contributed by atoms with E-state index in [9.17, 15) is 9.90 Å². The number of fused-ring (bicyclic) bond motifs is 3. The number of benzene rings is 4. The van der Waals surface area contributed by atoms with E-state index in [0.717, 1.165) is 63.0 Å². The molecule has 1 N–H and O–H groups in total. The third kappa shape index (κ3) is 3.96. The van der Waals surface area contributed by atoms with Crippen LogP contribution in [0.3, 0.4) is 0 Å². The third-order valence-electron chi connectivity index (χ3n) is 8.32. The number of anilines is 1. The maximum absolute atomic E-state index is 11.9. The minimum atomic E-state index is -0.846. The van der Waals surface area contributed by atoms with Crippen molar-refractivity contribution < 1.29 is 14.6 Å². The molecule has 0 amide bonds. The summed E-state index contributed by atoms with van der Waals surface area (Å²) in [5.74, 6) is -0.0902. The van der Waals surface area contributed by atoms with Crippen LogP contribution in [0.15, 0.2) is 90.5 Å². The van der Waals surface area contributed by atoms with Crippen LogP contribution in [0.2, 0.25) is 0 Å². The summed E-state index contributed by atoms with van der Waals surface area (Å²) in [6, 6.07) is 29.4.